The molecule has 1 aromatic carbocycles. The van der Waals surface area contributed by atoms with Crippen LogP contribution in [0, 0.1) is 0 Å². The largest absolute Gasteiger partial charge is 0.392 e. The number of amides is 1. The second-order valence-electron chi connectivity index (χ2n) is 4.82. The van der Waals surface area contributed by atoms with E-state index in [2.05, 4.69) is 5.32 Å². The maximum absolute atomic E-state index is 11.9. The Labute approximate surface area is 108 Å². The van der Waals surface area contributed by atoms with Crippen LogP contribution in [-0.2, 0) is 17.9 Å². The number of hydrogen-bond acceptors (Lipinski definition) is 3. The molecule has 0 radical (unpaired) electrons. The predicted octanol–water partition coefficient (Wildman–Crippen LogP) is 1.31. The van der Waals surface area contributed by atoms with Crippen molar-refractivity contribution in [3.05, 3.63) is 35.4 Å². The van der Waals surface area contributed by atoms with Gasteiger partial charge in [-0.3, -0.25) is 4.79 Å². The molecule has 0 spiro atoms. The molecule has 1 unspecified atom stereocenters. The number of nitrogens with two attached hydrogens (primary N) is 1. The summed E-state index contributed by atoms with van der Waals surface area (Å²) in [6.07, 6.45) is 1.55. The quantitative estimate of drug-likeness (QED) is 0.712. The third-order valence-electron chi connectivity index (χ3n) is 2.95. The minimum absolute atomic E-state index is 0.0318. The van der Waals surface area contributed by atoms with E-state index in [1.165, 1.54) is 0 Å². The molecule has 4 heteroatoms. The lowest BCUT2D eigenvalue weighted by Gasteiger charge is -2.22. The molecule has 4 nitrogen and oxygen atoms in total. The maximum Gasteiger partial charge on any atom is 0.240 e. The van der Waals surface area contributed by atoms with E-state index in [-0.39, 0.29) is 12.5 Å². The van der Waals surface area contributed by atoms with E-state index >= 15 is 0 Å². The fraction of sp³-hybridized carbons (Fsp3) is 0.500. The highest BCUT2D eigenvalue weighted by Gasteiger charge is 2.26. The first-order chi connectivity index (χ1) is 8.49. The Morgan fingerprint density at radius 2 is 1.89 bits per heavy atom. The molecule has 4 N–H and O–H groups in total. The number of nitrogens with one attached hydrogen (secondary N) is 1. The molecule has 1 aromatic rings. The molecule has 0 aliphatic carbocycles. The summed E-state index contributed by atoms with van der Waals surface area (Å²) in [5.74, 6) is -0.129. The monoisotopic (exact) mass is 250 g/mol. The molecule has 0 saturated carbocycles. The van der Waals surface area contributed by atoms with Crippen molar-refractivity contribution >= 4 is 5.91 Å². The lowest BCUT2D eigenvalue weighted by atomic mass is 9.96. The zero-order chi connectivity index (χ0) is 13.6. The number of carbonyl (C=O) groups is 1. The summed E-state index contributed by atoms with van der Waals surface area (Å²) >= 11 is 0. The summed E-state index contributed by atoms with van der Waals surface area (Å²) < 4.78 is 0. The third kappa shape index (κ3) is 4.13. The Balaban J connectivity index is 2.51. The fourth-order valence-electron chi connectivity index (χ4n) is 1.78. The van der Waals surface area contributed by atoms with Gasteiger partial charge in [-0.25, -0.2) is 0 Å². The van der Waals surface area contributed by atoms with Gasteiger partial charge in [-0.2, -0.15) is 0 Å². The zero-order valence-electron chi connectivity index (χ0n) is 11.1. The van der Waals surface area contributed by atoms with E-state index in [9.17, 15) is 4.79 Å². The SMILES string of the molecule is CCCC(C)(N)C(=O)NCc1ccc(CO)cc1. The summed E-state index contributed by atoms with van der Waals surface area (Å²) in [7, 11) is 0. The van der Waals surface area contributed by atoms with Crippen LogP contribution in [0.4, 0.5) is 0 Å². The fourth-order valence-corrected chi connectivity index (χ4v) is 1.78. The van der Waals surface area contributed by atoms with Crippen LogP contribution < -0.4 is 11.1 Å². The molecule has 0 aromatic heterocycles. The molecule has 0 aliphatic rings. The first-order valence-electron chi connectivity index (χ1n) is 6.25. The van der Waals surface area contributed by atoms with Crippen molar-refractivity contribution in [3.8, 4) is 0 Å². The minimum atomic E-state index is -0.806. The molecule has 1 atom stereocenters. The highest BCUT2D eigenvalue weighted by molar-refractivity contribution is 5.85. The first kappa shape index (κ1) is 14.7. The topological polar surface area (TPSA) is 75.4 Å². The van der Waals surface area contributed by atoms with Gasteiger partial charge < -0.3 is 16.2 Å². The second-order valence-corrected chi connectivity index (χ2v) is 4.82. The smallest absolute Gasteiger partial charge is 0.240 e. The molecular formula is C14H22N2O2. The van der Waals surface area contributed by atoms with Gasteiger partial charge in [0, 0.05) is 6.54 Å². The molecule has 0 fully saturated rings. The lowest BCUT2D eigenvalue weighted by molar-refractivity contribution is -0.126. The van der Waals surface area contributed by atoms with Gasteiger partial charge in [-0.15, -0.1) is 0 Å². The highest BCUT2D eigenvalue weighted by Crippen LogP contribution is 2.09. The van der Waals surface area contributed by atoms with Crippen LogP contribution >= 0.6 is 0 Å². The summed E-state index contributed by atoms with van der Waals surface area (Å²) in [5.41, 5.74) is 6.98. The molecule has 0 bridgehead atoms. The Kier molecular flexibility index (Phi) is 5.31. The predicted molar refractivity (Wildman–Crippen MR) is 71.7 cm³/mol. The van der Waals surface area contributed by atoms with Crippen molar-refractivity contribution in [1.29, 1.82) is 0 Å². The van der Waals surface area contributed by atoms with Crippen molar-refractivity contribution in [2.45, 2.75) is 45.4 Å². The Morgan fingerprint density at radius 3 is 2.39 bits per heavy atom. The summed E-state index contributed by atoms with van der Waals surface area (Å²) in [6, 6.07) is 7.46. The number of aliphatic hydroxyl groups is 1. The van der Waals surface area contributed by atoms with Crippen molar-refractivity contribution < 1.29 is 9.90 Å². The molecule has 0 heterocycles. The van der Waals surface area contributed by atoms with Crippen LogP contribution in [-0.4, -0.2) is 16.6 Å². The van der Waals surface area contributed by atoms with Gasteiger partial charge in [0.05, 0.1) is 12.1 Å². The second kappa shape index (κ2) is 6.52. The Morgan fingerprint density at radius 1 is 1.33 bits per heavy atom. The van der Waals surface area contributed by atoms with Crippen LogP contribution in [0.15, 0.2) is 24.3 Å². The van der Waals surface area contributed by atoms with Crippen molar-refractivity contribution in [2.75, 3.05) is 0 Å². The van der Waals surface area contributed by atoms with Gasteiger partial charge >= 0.3 is 0 Å². The van der Waals surface area contributed by atoms with Crippen LogP contribution in [0.25, 0.3) is 0 Å². The van der Waals surface area contributed by atoms with Crippen LogP contribution in [0.2, 0.25) is 0 Å². The Hall–Kier alpha value is -1.39. The van der Waals surface area contributed by atoms with Gasteiger partial charge in [0.1, 0.15) is 0 Å². The van der Waals surface area contributed by atoms with Crippen LogP contribution in [0.1, 0.15) is 37.8 Å². The van der Waals surface area contributed by atoms with Gasteiger partial charge in [0.25, 0.3) is 0 Å². The molecule has 100 valence electrons. The molecule has 1 amide bonds. The van der Waals surface area contributed by atoms with Gasteiger partial charge in [-0.1, -0.05) is 37.6 Å². The van der Waals surface area contributed by atoms with Crippen molar-refractivity contribution in [2.24, 2.45) is 5.73 Å². The standard InChI is InChI=1S/C14H22N2O2/c1-3-8-14(2,15)13(18)16-9-11-4-6-12(10-17)7-5-11/h4-7,17H,3,8-10,15H2,1-2H3,(H,16,18). The number of rotatable bonds is 6. The first-order valence-corrected chi connectivity index (χ1v) is 6.25. The van der Waals surface area contributed by atoms with Crippen molar-refractivity contribution in [1.82, 2.24) is 5.32 Å². The van der Waals surface area contributed by atoms with E-state index in [0.717, 1.165) is 17.5 Å². The van der Waals surface area contributed by atoms with Gasteiger partial charge in [-0.05, 0) is 24.5 Å². The molecule has 0 saturated heterocycles. The normalized spacial score (nSPS) is 14.0. The average molecular weight is 250 g/mol. The summed E-state index contributed by atoms with van der Waals surface area (Å²) in [5, 5.41) is 11.8. The number of benzene rings is 1. The van der Waals surface area contributed by atoms with E-state index in [4.69, 9.17) is 10.8 Å². The Bertz CT molecular complexity index is 385. The zero-order valence-corrected chi connectivity index (χ0v) is 11.1. The summed E-state index contributed by atoms with van der Waals surface area (Å²) in [6.45, 7) is 4.25. The molecule has 0 aliphatic heterocycles. The van der Waals surface area contributed by atoms with Crippen LogP contribution in [0.5, 0.6) is 0 Å². The van der Waals surface area contributed by atoms with E-state index < -0.39 is 5.54 Å². The molecule has 1 rings (SSSR count). The number of carbonyl (C=O) groups excluding carboxylic acids is 1. The lowest BCUT2D eigenvalue weighted by Crippen LogP contribution is -2.51. The van der Waals surface area contributed by atoms with Gasteiger partial charge in [0.2, 0.25) is 5.91 Å². The average Bonchev–Trinajstić information content (AvgIpc) is 2.36. The molecular weight excluding hydrogens is 228 g/mol. The van der Waals surface area contributed by atoms with Gasteiger partial charge in [0.15, 0.2) is 0 Å². The van der Waals surface area contributed by atoms with Crippen LogP contribution in [0.3, 0.4) is 0 Å². The number of aliphatic hydroxyl groups excluding tert-OH is 1. The third-order valence-corrected chi connectivity index (χ3v) is 2.95. The van der Waals surface area contributed by atoms with E-state index in [0.29, 0.717) is 13.0 Å². The van der Waals surface area contributed by atoms with E-state index in [1.54, 1.807) is 6.92 Å². The van der Waals surface area contributed by atoms with E-state index in [1.807, 2.05) is 31.2 Å². The minimum Gasteiger partial charge on any atom is -0.392 e. The number of hydrogen-bond donors (Lipinski definition) is 3. The maximum atomic E-state index is 11.9. The summed E-state index contributed by atoms with van der Waals surface area (Å²) in [4.78, 5) is 11.9. The highest BCUT2D eigenvalue weighted by atomic mass is 16.3. The molecule has 18 heavy (non-hydrogen) atoms. The van der Waals surface area contributed by atoms with Crippen molar-refractivity contribution in [3.63, 3.8) is 0 Å².